The van der Waals surface area contributed by atoms with Crippen LogP contribution in [0.15, 0.2) is 0 Å². The summed E-state index contributed by atoms with van der Waals surface area (Å²) in [5.74, 6) is 3.90. The molecule has 4 aliphatic carbocycles. The second-order valence-corrected chi connectivity index (χ2v) is 7.30. The lowest BCUT2D eigenvalue weighted by Gasteiger charge is -2.60. The van der Waals surface area contributed by atoms with Crippen LogP contribution < -0.4 is 5.73 Å². The number of rotatable bonds is 5. The van der Waals surface area contributed by atoms with Crippen molar-refractivity contribution >= 4 is 0 Å². The Morgan fingerprint density at radius 2 is 1.71 bits per heavy atom. The number of nitrogens with two attached hydrogens (primary N) is 1. The number of unbranched alkanes of at least 4 members (excludes halogenated alkanes) is 3. The molecule has 0 saturated heterocycles. The molecule has 0 heterocycles. The van der Waals surface area contributed by atoms with Crippen LogP contribution in [0.2, 0.25) is 0 Å². The van der Waals surface area contributed by atoms with E-state index in [-0.39, 0.29) is 5.54 Å². The molecule has 0 aliphatic heterocycles. The van der Waals surface area contributed by atoms with E-state index < -0.39 is 0 Å². The molecule has 0 aromatic rings. The van der Waals surface area contributed by atoms with Crippen molar-refractivity contribution in [3.8, 4) is 0 Å². The summed E-state index contributed by atoms with van der Waals surface area (Å²) in [6.07, 6.45) is 14.3. The summed E-state index contributed by atoms with van der Waals surface area (Å²) in [7, 11) is 0. The van der Waals surface area contributed by atoms with Gasteiger partial charge in [0.05, 0.1) is 0 Å². The van der Waals surface area contributed by atoms with Crippen molar-refractivity contribution in [3.05, 3.63) is 0 Å². The Kier molecular flexibility index (Phi) is 3.23. The third-order valence-corrected chi connectivity index (χ3v) is 5.95. The van der Waals surface area contributed by atoms with Gasteiger partial charge in [0.15, 0.2) is 0 Å². The zero-order valence-corrected chi connectivity index (χ0v) is 11.5. The van der Waals surface area contributed by atoms with E-state index in [1.807, 2.05) is 0 Å². The molecule has 0 spiro atoms. The van der Waals surface area contributed by atoms with E-state index >= 15 is 0 Å². The van der Waals surface area contributed by atoms with Gasteiger partial charge in [-0.05, 0) is 62.2 Å². The van der Waals surface area contributed by atoms with Crippen LogP contribution in [0.3, 0.4) is 0 Å². The predicted molar refractivity (Wildman–Crippen MR) is 72.7 cm³/mol. The maximum absolute atomic E-state index is 6.78. The van der Waals surface area contributed by atoms with E-state index in [4.69, 9.17) is 5.73 Å². The lowest BCUT2D eigenvalue weighted by molar-refractivity contribution is -0.0591. The van der Waals surface area contributed by atoms with Crippen LogP contribution in [-0.4, -0.2) is 5.54 Å². The predicted octanol–water partition coefficient (Wildman–Crippen LogP) is 4.11. The fourth-order valence-corrected chi connectivity index (χ4v) is 5.52. The Morgan fingerprint density at radius 3 is 2.29 bits per heavy atom. The van der Waals surface area contributed by atoms with Crippen molar-refractivity contribution in [2.24, 2.45) is 29.4 Å². The van der Waals surface area contributed by atoms with E-state index in [1.165, 1.54) is 64.2 Å². The molecular formula is C16H29N. The Labute approximate surface area is 107 Å². The summed E-state index contributed by atoms with van der Waals surface area (Å²) in [4.78, 5) is 0. The van der Waals surface area contributed by atoms with Crippen LogP contribution in [0.5, 0.6) is 0 Å². The van der Waals surface area contributed by atoms with Crippen LogP contribution in [0.4, 0.5) is 0 Å². The first kappa shape index (κ1) is 12.0. The van der Waals surface area contributed by atoms with Crippen molar-refractivity contribution in [2.45, 2.75) is 76.7 Å². The lowest BCUT2D eigenvalue weighted by Crippen LogP contribution is -2.62. The Bertz CT molecular complexity index is 259. The highest BCUT2D eigenvalue weighted by atomic mass is 14.8. The van der Waals surface area contributed by atoms with Crippen LogP contribution in [0.25, 0.3) is 0 Å². The molecule has 0 amide bonds. The normalized spacial score (nSPS) is 47.6. The van der Waals surface area contributed by atoms with Gasteiger partial charge in [-0.2, -0.15) is 0 Å². The van der Waals surface area contributed by atoms with Gasteiger partial charge in [-0.3, -0.25) is 0 Å². The zero-order chi connectivity index (χ0) is 11.9. The SMILES string of the molecule is CCCCCCC1C2CC3CC(C2)CC1(N)C3. The lowest BCUT2D eigenvalue weighted by atomic mass is 9.48. The number of hydrogen-bond acceptors (Lipinski definition) is 1. The Hall–Kier alpha value is -0.0400. The topological polar surface area (TPSA) is 26.0 Å². The average molecular weight is 235 g/mol. The van der Waals surface area contributed by atoms with Crippen molar-refractivity contribution in [1.29, 1.82) is 0 Å². The maximum Gasteiger partial charge on any atom is 0.0190 e. The minimum Gasteiger partial charge on any atom is -0.325 e. The minimum absolute atomic E-state index is 0.265. The largest absolute Gasteiger partial charge is 0.325 e. The summed E-state index contributed by atoms with van der Waals surface area (Å²) in [6, 6.07) is 0. The first-order chi connectivity index (χ1) is 8.21. The van der Waals surface area contributed by atoms with E-state index in [9.17, 15) is 0 Å². The highest BCUT2D eigenvalue weighted by Crippen LogP contribution is 2.58. The average Bonchev–Trinajstić information content (AvgIpc) is 2.25. The zero-order valence-electron chi connectivity index (χ0n) is 11.5. The highest BCUT2D eigenvalue weighted by Gasteiger charge is 2.54. The molecule has 17 heavy (non-hydrogen) atoms. The summed E-state index contributed by atoms with van der Waals surface area (Å²) < 4.78 is 0. The maximum atomic E-state index is 6.78. The van der Waals surface area contributed by atoms with Gasteiger partial charge < -0.3 is 5.73 Å². The summed E-state index contributed by atoms with van der Waals surface area (Å²) in [5, 5.41) is 0. The molecule has 4 saturated carbocycles. The number of hydrogen-bond donors (Lipinski definition) is 1. The second-order valence-electron chi connectivity index (χ2n) is 7.30. The van der Waals surface area contributed by atoms with Gasteiger partial charge in [0, 0.05) is 5.54 Å². The minimum atomic E-state index is 0.265. The fourth-order valence-electron chi connectivity index (χ4n) is 5.52. The fraction of sp³-hybridized carbons (Fsp3) is 1.00. The van der Waals surface area contributed by atoms with Crippen LogP contribution in [0, 0.1) is 23.7 Å². The molecule has 2 N–H and O–H groups in total. The third-order valence-electron chi connectivity index (χ3n) is 5.95. The van der Waals surface area contributed by atoms with Crippen LogP contribution in [-0.2, 0) is 0 Å². The van der Waals surface area contributed by atoms with Gasteiger partial charge in [0.1, 0.15) is 0 Å². The van der Waals surface area contributed by atoms with E-state index in [0.29, 0.717) is 0 Å². The molecule has 4 rings (SSSR count). The van der Waals surface area contributed by atoms with E-state index in [2.05, 4.69) is 6.92 Å². The van der Waals surface area contributed by atoms with Gasteiger partial charge in [0.2, 0.25) is 0 Å². The monoisotopic (exact) mass is 235 g/mol. The summed E-state index contributed by atoms with van der Waals surface area (Å²) in [5.41, 5.74) is 7.04. The molecule has 1 nitrogen and oxygen atoms in total. The molecule has 4 bridgehead atoms. The van der Waals surface area contributed by atoms with Gasteiger partial charge in [-0.25, -0.2) is 0 Å². The third kappa shape index (κ3) is 2.16. The smallest absolute Gasteiger partial charge is 0.0190 e. The first-order valence-electron chi connectivity index (χ1n) is 8.00. The summed E-state index contributed by atoms with van der Waals surface area (Å²) in [6.45, 7) is 2.30. The molecule has 3 atom stereocenters. The van der Waals surface area contributed by atoms with Crippen LogP contribution in [0.1, 0.15) is 71.1 Å². The van der Waals surface area contributed by atoms with Gasteiger partial charge in [0.25, 0.3) is 0 Å². The standard InChI is InChI=1S/C16H29N/c1-2-3-4-5-6-15-14-8-12-7-13(9-14)11-16(15,17)10-12/h12-15H,2-11,17H2,1H3. The Morgan fingerprint density at radius 1 is 1.00 bits per heavy atom. The van der Waals surface area contributed by atoms with Crippen molar-refractivity contribution < 1.29 is 0 Å². The second kappa shape index (κ2) is 4.57. The molecule has 0 aromatic heterocycles. The van der Waals surface area contributed by atoms with E-state index in [1.54, 1.807) is 0 Å². The van der Waals surface area contributed by atoms with Gasteiger partial charge in [-0.15, -0.1) is 0 Å². The van der Waals surface area contributed by atoms with Crippen molar-refractivity contribution in [1.82, 2.24) is 0 Å². The first-order valence-corrected chi connectivity index (χ1v) is 8.00. The van der Waals surface area contributed by atoms with Gasteiger partial charge >= 0.3 is 0 Å². The highest BCUT2D eigenvalue weighted by molar-refractivity contribution is 5.09. The molecule has 4 fully saturated rings. The molecule has 3 unspecified atom stereocenters. The summed E-state index contributed by atoms with van der Waals surface area (Å²) >= 11 is 0. The molecule has 1 heteroatoms. The van der Waals surface area contributed by atoms with Crippen molar-refractivity contribution in [2.75, 3.05) is 0 Å². The molecule has 98 valence electrons. The van der Waals surface area contributed by atoms with Crippen LogP contribution >= 0.6 is 0 Å². The van der Waals surface area contributed by atoms with Gasteiger partial charge in [-0.1, -0.05) is 32.6 Å². The van der Waals surface area contributed by atoms with E-state index in [0.717, 1.165) is 23.7 Å². The molecular weight excluding hydrogens is 206 g/mol. The molecule has 0 radical (unpaired) electrons. The Balaban J connectivity index is 1.60. The quantitative estimate of drug-likeness (QED) is 0.713. The van der Waals surface area contributed by atoms with Crippen molar-refractivity contribution in [3.63, 3.8) is 0 Å². The molecule has 4 aliphatic rings. The molecule has 0 aromatic carbocycles.